The van der Waals surface area contributed by atoms with Gasteiger partial charge in [0, 0.05) is 0 Å². The van der Waals surface area contributed by atoms with E-state index in [2.05, 4.69) is 9.47 Å². The molecule has 0 radical (unpaired) electrons. The fourth-order valence-corrected chi connectivity index (χ4v) is 1.34. The standard InChI is InChI=1S/C10H4Cl4F6O2/c11-7(12,9(15,16)17)21-5-1-2-6(4-3-5)22-8(13,14)10(18,19)20/h1-4H. The third-order valence-corrected chi connectivity index (χ3v) is 3.14. The van der Waals surface area contributed by atoms with Crippen molar-refractivity contribution in [1.82, 2.24) is 0 Å². The van der Waals surface area contributed by atoms with Gasteiger partial charge in [0.1, 0.15) is 11.5 Å². The third kappa shape index (κ3) is 4.78. The summed E-state index contributed by atoms with van der Waals surface area (Å²) in [4.78, 5) is 0. The third-order valence-electron chi connectivity index (χ3n) is 1.98. The van der Waals surface area contributed by atoms with Crippen molar-refractivity contribution < 1.29 is 35.8 Å². The Labute approximate surface area is 139 Å². The van der Waals surface area contributed by atoms with Crippen molar-refractivity contribution in [3.05, 3.63) is 24.3 Å². The van der Waals surface area contributed by atoms with Gasteiger partial charge in [0.15, 0.2) is 0 Å². The summed E-state index contributed by atoms with van der Waals surface area (Å²) in [5.74, 6) is -0.951. The molecule has 0 saturated heterocycles. The topological polar surface area (TPSA) is 18.5 Å². The minimum atomic E-state index is -5.09. The summed E-state index contributed by atoms with van der Waals surface area (Å²) in [5.41, 5.74) is 0. The summed E-state index contributed by atoms with van der Waals surface area (Å²) in [6.07, 6.45) is -10.2. The Hall–Kier alpha value is -0.440. The Balaban J connectivity index is 2.85. The van der Waals surface area contributed by atoms with E-state index in [1.807, 2.05) is 0 Å². The Bertz CT molecular complexity index is 465. The number of rotatable bonds is 4. The molecule has 0 aromatic heterocycles. The van der Waals surface area contributed by atoms with Crippen molar-refractivity contribution in [2.75, 3.05) is 0 Å². The monoisotopic (exact) mass is 410 g/mol. The molecule has 0 heterocycles. The summed E-state index contributed by atoms with van der Waals surface area (Å²) in [7, 11) is 0. The van der Waals surface area contributed by atoms with Crippen LogP contribution in [0.15, 0.2) is 24.3 Å². The molecular weight excluding hydrogens is 408 g/mol. The van der Waals surface area contributed by atoms with Crippen LogP contribution in [-0.2, 0) is 0 Å². The lowest BCUT2D eigenvalue weighted by atomic mass is 10.3. The highest BCUT2D eigenvalue weighted by atomic mass is 35.5. The van der Waals surface area contributed by atoms with E-state index in [0.717, 1.165) is 24.3 Å². The fourth-order valence-electron chi connectivity index (χ4n) is 0.987. The normalized spacial score (nSPS) is 13.9. The van der Waals surface area contributed by atoms with Crippen molar-refractivity contribution >= 4 is 46.4 Å². The minimum Gasteiger partial charge on any atom is -0.450 e. The molecule has 0 aliphatic rings. The molecule has 1 aromatic carbocycles. The average molecular weight is 412 g/mol. The first-order chi connectivity index (χ1) is 9.66. The zero-order chi connectivity index (χ0) is 17.4. The van der Waals surface area contributed by atoms with Crippen LogP contribution < -0.4 is 9.47 Å². The SMILES string of the molecule is FC(F)(F)C(Cl)(Cl)Oc1ccc(OC(Cl)(Cl)C(F)(F)F)cc1. The zero-order valence-corrected chi connectivity index (χ0v) is 12.9. The van der Waals surface area contributed by atoms with Crippen LogP contribution >= 0.6 is 46.4 Å². The summed E-state index contributed by atoms with van der Waals surface area (Å²) in [6, 6.07) is 3.34. The van der Waals surface area contributed by atoms with Gasteiger partial charge < -0.3 is 9.47 Å². The van der Waals surface area contributed by atoms with Gasteiger partial charge in [-0.3, -0.25) is 0 Å². The van der Waals surface area contributed by atoms with Crippen LogP contribution in [0.2, 0.25) is 0 Å². The fraction of sp³-hybridized carbons (Fsp3) is 0.400. The van der Waals surface area contributed by atoms with Crippen molar-refractivity contribution in [2.45, 2.75) is 21.4 Å². The number of hydrogen-bond donors (Lipinski definition) is 0. The molecule has 1 rings (SSSR count). The molecule has 1 aromatic rings. The Morgan fingerprint density at radius 3 is 1.00 bits per heavy atom. The van der Waals surface area contributed by atoms with E-state index in [-0.39, 0.29) is 0 Å². The largest absolute Gasteiger partial charge is 0.459 e. The first-order valence-electron chi connectivity index (χ1n) is 5.03. The summed E-state index contributed by atoms with van der Waals surface area (Å²) < 4.78 is 75.8. The molecule has 0 aliphatic heterocycles. The summed E-state index contributed by atoms with van der Waals surface area (Å²) in [6.45, 7) is 0. The smallest absolute Gasteiger partial charge is 0.450 e. The lowest BCUT2D eigenvalue weighted by Crippen LogP contribution is -2.40. The van der Waals surface area contributed by atoms with Gasteiger partial charge in [-0.1, -0.05) is 0 Å². The van der Waals surface area contributed by atoms with Gasteiger partial charge in [0.25, 0.3) is 0 Å². The number of hydrogen-bond acceptors (Lipinski definition) is 2. The molecule has 0 bridgehead atoms. The highest BCUT2D eigenvalue weighted by molar-refractivity contribution is 6.48. The second-order valence-corrected chi connectivity index (χ2v) is 6.22. The van der Waals surface area contributed by atoms with Crippen LogP contribution in [0.3, 0.4) is 0 Å². The Morgan fingerprint density at radius 1 is 0.591 bits per heavy atom. The van der Waals surface area contributed by atoms with Crippen molar-refractivity contribution in [2.24, 2.45) is 0 Å². The van der Waals surface area contributed by atoms with E-state index >= 15 is 0 Å². The van der Waals surface area contributed by atoms with Crippen LogP contribution in [-0.4, -0.2) is 21.4 Å². The lowest BCUT2D eigenvalue weighted by molar-refractivity contribution is -0.186. The maximum atomic E-state index is 12.4. The van der Waals surface area contributed by atoms with Gasteiger partial charge in [0.2, 0.25) is 0 Å². The first kappa shape index (κ1) is 19.6. The minimum absolute atomic E-state index is 0.476. The molecule has 12 heteroatoms. The lowest BCUT2D eigenvalue weighted by Gasteiger charge is -2.25. The van der Waals surface area contributed by atoms with E-state index in [4.69, 9.17) is 46.4 Å². The van der Waals surface area contributed by atoms with E-state index in [1.54, 1.807) is 0 Å². The molecule has 0 spiro atoms. The van der Waals surface area contributed by atoms with Crippen molar-refractivity contribution in [3.63, 3.8) is 0 Å². The summed E-state index contributed by atoms with van der Waals surface area (Å²) >= 11 is 19.8. The second kappa shape index (κ2) is 6.22. The van der Waals surface area contributed by atoms with Crippen LogP contribution in [0.25, 0.3) is 0 Å². The molecule has 126 valence electrons. The van der Waals surface area contributed by atoms with Gasteiger partial charge in [-0.15, -0.1) is 0 Å². The molecule has 0 fully saturated rings. The second-order valence-electron chi connectivity index (χ2n) is 3.70. The number of ether oxygens (including phenoxy) is 2. The van der Waals surface area contributed by atoms with Crippen molar-refractivity contribution in [1.29, 1.82) is 0 Å². The van der Waals surface area contributed by atoms with Crippen LogP contribution in [0, 0.1) is 0 Å². The van der Waals surface area contributed by atoms with Gasteiger partial charge in [-0.2, -0.15) is 26.3 Å². The van der Waals surface area contributed by atoms with E-state index in [9.17, 15) is 26.3 Å². The van der Waals surface area contributed by atoms with Crippen LogP contribution in [0.5, 0.6) is 11.5 Å². The Morgan fingerprint density at radius 2 is 0.818 bits per heavy atom. The van der Waals surface area contributed by atoms with Gasteiger partial charge in [0.05, 0.1) is 0 Å². The highest BCUT2D eigenvalue weighted by Gasteiger charge is 2.56. The predicted molar refractivity (Wildman–Crippen MR) is 68.7 cm³/mol. The summed E-state index contributed by atoms with van der Waals surface area (Å²) in [5, 5.41) is 0. The maximum absolute atomic E-state index is 12.4. The quantitative estimate of drug-likeness (QED) is 0.458. The average Bonchev–Trinajstić information content (AvgIpc) is 2.28. The number of alkyl halides is 10. The van der Waals surface area contributed by atoms with Crippen LogP contribution in [0.4, 0.5) is 26.3 Å². The highest BCUT2D eigenvalue weighted by Crippen LogP contribution is 2.43. The number of benzene rings is 1. The Kier molecular flexibility index (Phi) is 5.54. The number of halogens is 10. The first-order valence-corrected chi connectivity index (χ1v) is 6.54. The van der Waals surface area contributed by atoms with E-state index < -0.39 is 32.9 Å². The zero-order valence-electron chi connectivity index (χ0n) is 9.91. The molecule has 0 unspecified atom stereocenters. The molecule has 2 nitrogen and oxygen atoms in total. The molecule has 0 amide bonds. The molecule has 0 N–H and O–H groups in total. The molecular formula is C10H4Cl4F6O2. The maximum Gasteiger partial charge on any atom is 0.459 e. The molecule has 0 saturated carbocycles. The molecule has 0 aliphatic carbocycles. The van der Waals surface area contributed by atoms with Gasteiger partial charge >= 0.3 is 21.4 Å². The van der Waals surface area contributed by atoms with Crippen LogP contribution in [0.1, 0.15) is 0 Å². The van der Waals surface area contributed by atoms with Crippen molar-refractivity contribution in [3.8, 4) is 11.5 Å². The van der Waals surface area contributed by atoms with E-state index in [0.29, 0.717) is 0 Å². The van der Waals surface area contributed by atoms with E-state index in [1.165, 1.54) is 0 Å². The molecule has 0 atom stereocenters. The molecule has 22 heavy (non-hydrogen) atoms. The predicted octanol–water partition coefficient (Wildman–Crippen LogP) is 5.83. The van der Waals surface area contributed by atoms with Gasteiger partial charge in [-0.05, 0) is 70.7 Å². The van der Waals surface area contributed by atoms with Gasteiger partial charge in [-0.25, -0.2) is 0 Å².